The minimum absolute atomic E-state index is 0.0356. The minimum atomic E-state index is -0.258. The van der Waals surface area contributed by atoms with Crippen LogP contribution >= 0.6 is 11.8 Å². The maximum Gasteiger partial charge on any atom is 0.319 e. The zero-order valence-corrected chi connectivity index (χ0v) is 15.1. The molecule has 4 rings (SSSR count). The van der Waals surface area contributed by atoms with Gasteiger partial charge in [-0.15, -0.1) is 0 Å². The van der Waals surface area contributed by atoms with E-state index in [4.69, 9.17) is 13.9 Å². The summed E-state index contributed by atoms with van der Waals surface area (Å²) >= 11 is 1.96. The van der Waals surface area contributed by atoms with E-state index < -0.39 is 0 Å². The molecule has 2 amide bonds. The zero-order valence-electron chi connectivity index (χ0n) is 14.3. The predicted octanol–water partition coefficient (Wildman–Crippen LogP) is 2.92. The molecule has 2 N–H and O–H groups in total. The van der Waals surface area contributed by atoms with Crippen LogP contribution in [0.2, 0.25) is 0 Å². The summed E-state index contributed by atoms with van der Waals surface area (Å²) in [6.45, 7) is 2.67. The van der Waals surface area contributed by atoms with Crippen molar-refractivity contribution in [2.45, 2.75) is 6.04 Å². The van der Waals surface area contributed by atoms with Gasteiger partial charge in [-0.1, -0.05) is 0 Å². The summed E-state index contributed by atoms with van der Waals surface area (Å²) in [5.74, 6) is 4.40. The molecule has 2 aromatic rings. The molecule has 1 aromatic carbocycles. The van der Waals surface area contributed by atoms with Crippen LogP contribution in [0.1, 0.15) is 11.8 Å². The van der Waals surface area contributed by atoms with E-state index in [2.05, 4.69) is 15.5 Å². The first-order valence-electron chi connectivity index (χ1n) is 8.59. The Bertz CT molecular complexity index is 747. The molecule has 2 aliphatic rings. The SMILES string of the molecule is O=C(NC[C@H](c1ccco1)N1CCSCC1)Nc1ccc2c(c1)OCO2. The Hall–Kier alpha value is -2.32. The highest BCUT2D eigenvalue weighted by Crippen LogP contribution is 2.34. The number of anilines is 1. The van der Waals surface area contributed by atoms with Gasteiger partial charge in [-0.2, -0.15) is 11.8 Å². The summed E-state index contributed by atoms with van der Waals surface area (Å²) < 4.78 is 16.2. The molecule has 1 fully saturated rings. The maximum absolute atomic E-state index is 12.3. The van der Waals surface area contributed by atoms with E-state index in [9.17, 15) is 4.79 Å². The third-order valence-electron chi connectivity index (χ3n) is 4.44. The predicted molar refractivity (Wildman–Crippen MR) is 99.9 cm³/mol. The van der Waals surface area contributed by atoms with Crippen molar-refractivity contribution in [1.82, 2.24) is 10.2 Å². The van der Waals surface area contributed by atoms with E-state index in [1.165, 1.54) is 0 Å². The van der Waals surface area contributed by atoms with Crippen molar-refractivity contribution in [3.8, 4) is 11.5 Å². The molecule has 0 unspecified atom stereocenters. The second-order valence-corrected chi connectivity index (χ2v) is 7.31. The van der Waals surface area contributed by atoms with Gasteiger partial charge in [0.05, 0.1) is 12.3 Å². The number of urea groups is 1. The summed E-state index contributed by atoms with van der Waals surface area (Å²) in [7, 11) is 0. The molecule has 0 radical (unpaired) electrons. The Labute approximate surface area is 156 Å². The molecule has 0 spiro atoms. The molecule has 1 aromatic heterocycles. The first-order valence-corrected chi connectivity index (χ1v) is 9.75. The van der Waals surface area contributed by atoms with Crippen molar-refractivity contribution in [3.63, 3.8) is 0 Å². The van der Waals surface area contributed by atoms with E-state index in [-0.39, 0.29) is 18.9 Å². The van der Waals surface area contributed by atoms with Crippen LogP contribution in [-0.4, -0.2) is 48.9 Å². The Morgan fingerprint density at radius 1 is 1.19 bits per heavy atom. The minimum Gasteiger partial charge on any atom is -0.468 e. The highest BCUT2D eigenvalue weighted by molar-refractivity contribution is 7.99. The number of hydrogen-bond donors (Lipinski definition) is 2. The van der Waals surface area contributed by atoms with Crippen LogP contribution in [0, 0.1) is 0 Å². The molecule has 0 aliphatic carbocycles. The van der Waals surface area contributed by atoms with Crippen molar-refractivity contribution in [3.05, 3.63) is 42.4 Å². The van der Waals surface area contributed by atoms with Crippen molar-refractivity contribution >= 4 is 23.5 Å². The third-order valence-corrected chi connectivity index (χ3v) is 5.39. The molecule has 26 heavy (non-hydrogen) atoms. The lowest BCUT2D eigenvalue weighted by Gasteiger charge is -2.33. The fourth-order valence-corrected chi connectivity index (χ4v) is 4.05. The summed E-state index contributed by atoms with van der Waals surface area (Å²) in [6.07, 6.45) is 1.67. The quantitative estimate of drug-likeness (QED) is 0.837. The normalized spacial score (nSPS) is 17.7. The number of hydrogen-bond acceptors (Lipinski definition) is 6. The molecule has 0 bridgehead atoms. The first-order chi connectivity index (χ1) is 12.8. The number of carbonyl (C=O) groups is 1. The molecule has 1 saturated heterocycles. The van der Waals surface area contributed by atoms with Crippen LogP contribution in [0.3, 0.4) is 0 Å². The van der Waals surface area contributed by atoms with Gasteiger partial charge in [0.1, 0.15) is 5.76 Å². The molecule has 3 heterocycles. The average molecular weight is 375 g/mol. The van der Waals surface area contributed by atoms with Gasteiger partial charge in [0.2, 0.25) is 6.79 Å². The van der Waals surface area contributed by atoms with E-state index >= 15 is 0 Å². The molecule has 2 aliphatic heterocycles. The highest BCUT2D eigenvalue weighted by atomic mass is 32.2. The molecular weight excluding hydrogens is 354 g/mol. The van der Waals surface area contributed by atoms with E-state index in [0.717, 1.165) is 30.4 Å². The second-order valence-electron chi connectivity index (χ2n) is 6.08. The van der Waals surface area contributed by atoms with Crippen molar-refractivity contribution in [2.24, 2.45) is 0 Å². The van der Waals surface area contributed by atoms with Crippen molar-refractivity contribution in [1.29, 1.82) is 0 Å². The number of nitrogens with one attached hydrogen (secondary N) is 2. The van der Waals surface area contributed by atoms with Crippen LogP contribution in [0.15, 0.2) is 41.0 Å². The van der Waals surface area contributed by atoms with Gasteiger partial charge in [-0.05, 0) is 24.3 Å². The number of benzene rings is 1. The average Bonchev–Trinajstić information content (AvgIpc) is 3.34. The monoisotopic (exact) mass is 375 g/mol. The van der Waals surface area contributed by atoms with Crippen LogP contribution in [0.5, 0.6) is 11.5 Å². The van der Waals surface area contributed by atoms with E-state index in [0.29, 0.717) is 23.7 Å². The van der Waals surface area contributed by atoms with Gasteiger partial charge >= 0.3 is 6.03 Å². The lowest BCUT2D eigenvalue weighted by molar-refractivity contribution is 0.174. The Kier molecular flexibility index (Phi) is 5.21. The number of thioether (sulfide) groups is 1. The molecule has 138 valence electrons. The summed E-state index contributed by atoms with van der Waals surface area (Å²) in [6, 6.07) is 8.96. The molecular formula is C18H21N3O4S. The Morgan fingerprint density at radius 3 is 2.85 bits per heavy atom. The largest absolute Gasteiger partial charge is 0.468 e. The number of rotatable bonds is 5. The number of amides is 2. The van der Waals surface area contributed by atoms with Crippen molar-refractivity contribution < 1.29 is 18.7 Å². The first kappa shape index (κ1) is 17.1. The third kappa shape index (κ3) is 3.91. The van der Waals surface area contributed by atoms with Gasteiger partial charge < -0.3 is 24.5 Å². The number of carbonyl (C=O) groups excluding carboxylic acids is 1. The summed E-state index contributed by atoms with van der Waals surface area (Å²) in [5.41, 5.74) is 0.663. The highest BCUT2D eigenvalue weighted by Gasteiger charge is 2.25. The Morgan fingerprint density at radius 2 is 2.04 bits per heavy atom. The van der Waals surface area contributed by atoms with Gasteiger partial charge in [0.15, 0.2) is 11.5 Å². The Balaban J connectivity index is 1.36. The number of ether oxygens (including phenoxy) is 2. The molecule has 0 saturated carbocycles. The van der Waals surface area contributed by atoms with Crippen LogP contribution in [-0.2, 0) is 0 Å². The van der Waals surface area contributed by atoms with Crippen molar-refractivity contribution in [2.75, 3.05) is 43.2 Å². The van der Waals surface area contributed by atoms with Gasteiger partial charge in [-0.3, -0.25) is 4.90 Å². The molecule has 8 heteroatoms. The smallest absolute Gasteiger partial charge is 0.319 e. The van der Waals surface area contributed by atoms with E-state index in [1.807, 2.05) is 23.9 Å². The fourth-order valence-electron chi connectivity index (χ4n) is 3.12. The summed E-state index contributed by atoms with van der Waals surface area (Å²) in [4.78, 5) is 14.7. The zero-order chi connectivity index (χ0) is 17.8. The maximum atomic E-state index is 12.3. The van der Waals surface area contributed by atoms with Gasteiger partial charge in [0.25, 0.3) is 0 Å². The standard InChI is InChI=1S/C18H21N3O4S/c22-18(20-13-3-4-16-17(10-13)25-12-24-16)19-11-14(15-2-1-7-23-15)21-5-8-26-9-6-21/h1-4,7,10,14H,5-6,8-9,11-12H2,(H2,19,20,22)/t14-/m1/s1. The van der Waals surface area contributed by atoms with E-state index in [1.54, 1.807) is 24.5 Å². The summed E-state index contributed by atoms with van der Waals surface area (Å²) in [5, 5.41) is 5.79. The molecule has 7 nitrogen and oxygen atoms in total. The van der Waals surface area contributed by atoms with Gasteiger partial charge in [-0.25, -0.2) is 4.79 Å². The number of fused-ring (bicyclic) bond motifs is 1. The van der Waals surface area contributed by atoms with Crippen LogP contribution in [0.4, 0.5) is 10.5 Å². The lowest BCUT2D eigenvalue weighted by atomic mass is 10.2. The number of nitrogens with zero attached hydrogens (tertiary/aromatic N) is 1. The molecule has 1 atom stereocenters. The lowest BCUT2D eigenvalue weighted by Crippen LogP contribution is -2.42. The van der Waals surface area contributed by atoms with Crippen LogP contribution in [0.25, 0.3) is 0 Å². The van der Waals surface area contributed by atoms with Crippen LogP contribution < -0.4 is 20.1 Å². The fraction of sp³-hybridized carbons (Fsp3) is 0.389. The second kappa shape index (κ2) is 7.92. The van der Waals surface area contributed by atoms with Gasteiger partial charge in [0, 0.05) is 42.9 Å². The number of furan rings is 1. The topological polar surface area (TPSA) is 76.0 Å².